The zero-order valence-electron chi connectivity index (χ0n) is 11.8. The lowest BCUT2D eigenvalue weighted by Crippen LogP contribution is -2.37. The molecule has 2 aliphatic carbocycles. The van der Waals surface area contributed by atoms with Gasteiger partial charge in [-0.3, -0.25) is 4.79 Å². The highest BCUT2D eigenvalue weighted by Gasteiger charge is 2.42. The van der Waals surface area contributed by atoms with E-state index in [0.717, 1.165) is 37.1 Å². The molecular formula is C15H22N4O. The van der Waals surface area contributed by atoms with Crippen molar-refractivity contribution in [1.82, 2.24) is 20.3 Å². The molecule has 3 aliphatic rings. The van der Waals surface area contributed by atoms with E-state index in [2.05, 4.69) is 15.4 Å². The van der Waals surface area contributed by atoms with E-state index >= 15 is 0 Å². The van der Waals surface area contributed by atoms with Crippen molar-refractivity contribution in [2.24, 2.45) is 17.8 Å². The van der Waals surface area contributed by atoms with Gasteiger partial charge in [-0.2, -0.15) is 15.4 Å². The topological polar surface area (TPSA) is 61.9 Å². The van der Waals surface area contributed by atoms with E-state index in [1.54, 1.807) is 0 Å². The van der Waals surface area contributed by atoms with E-state index in [0.29, 0.717) is 11.7 Å². The van der Waals surface area contributed by atoms with Gasteiger partial charge in [0.15, 0.2) is 5.69 Å². The molecule has 2 heterocycles. The summed E-state index contributed by atoms with van der Waals surface area (Å²) in [6, 6.07) is 0.434. The van der Waals surface area contributed by atoms with Gasteiger partial charge in [0, 0.05) is 12.6 Å². The maximum absolute atomic E-state index is 12.5. The second kappa shape index (κ2) is 4.86. The minimum Gasteiger partial charge on any atom is -0.334 e. The summed E-state index contributed by atoms with van der Waals surface area (Å²) in [5.74, 6) is 2.87. The number of H-pyrrole nitrogens is 1. The number of nitrogens with one attached hydrogen (secondary N) is 1. The molecule has 0 unspecified atom stereocenters. The standard InChI is InChI=1S/C15H22N4O/c20-15(14-9-16-18-17-14)19-5-1-2-13(19)8-12-7-10-3-4-11(12)6-10/h9-13H,1-8H2,(H,16,17,18)/t10-,11-,12-,13+/m0/s1. The van der Waals surface area contributed by atoms with E-state index in [1.165, 1.54) is 38.3 Å². The third-order valence-corrected chi connectivity index (χ3v) is 5.73. The van der Waals surface area contributed by atoms with E-state index in [9.17, 15) is 4.79 Å². The highest BCUT2D eigenvalue weighted by molar-refractivity contribution is 5.92. The Morgan fingerprint density at radius 2 is 2.30 bits per heavy atom. The van der Waals surface area contributed by atoms with Gasteiger partial charge in [-0.15, -0.1) is 0 Å². The van der Waals surface area contributed by atoms with E-state index in [-0.39, 0.29) is 5.91 Å². The zero-order valence-corrected chi connectivity index (χ0v) is 11.8. The quantitative estimate of drug-likeness (QED) is 0.919. The Balaban J connectivity index is 1.43. The molecule has 1 aliphatic heterocycles. The molecule has 20 heavy (non-hydrogen) atoms. The van der Waals surface area contributed by atoms with Crippen LogP contribution in [0.2, 0.25) is 0 Å². The van der Waals surface area contributed by atoms with Gasteiger partial charge in [0.2, 0.25) is 0 Å². The van der Waals surface area contributed by atoms with Crippen LogP contribution in [0.5, 0.6) is 0 Å². The van der Waals surface area contributed by atoms with Gasteiger partial charge in [-0.25, -0.2) is 0 Å². The molecule has 2 saturated carbocycles. The normalized spacial score (nSPS) is 35.9. The lowest BCUT2D eigenvalue weighted by Gasteiger charge is -2.29. The van der Waals surface area contributed by atoms with Crippen LogP contribution in [-0.4, -0.2) is 38.8 Å². The van der Waals surface area contributed by atoms with Crippen molar-refractivity contribution in [2.75, 3.05) is 6.54 Å². The molecular weight excluding hydrogens is 252 g/mol. The molecule has 108 valence electrons. The SMILES string of the molecule is O=C(c1cn[nH]n1)N1CCC[C@@H]1C[C@@H]1C[C@H]2CC[C@H]1C2. The summed E-state index contributed by atoms with van der Waals surface area (Å²) in [6.07, 6.45) is 10.8. The fourth-order valence-corrected chi connectivity index (χ4v) is 4.81. The maximum atomic E-state index is 12.5. The number of fused-ring (bicyclic) bond motifs is 2. The Kier molecular flexibility index (Phi) is 3.00. The van der Waals surface area contributed by atoms with Gasteiger partial charge >= 0.3 is 0 Å². The third-order valence-electron chi connectivity index (χ3n) is 5.73. The molecule has 1 saturated heterocycles. The van der Waals surface area contributed by atoms with Crippen molar-refractivity contribution in [3.63, 3.8) is 0 Å². The van der Waals surface area contributed by atoms with Gasteiger partial charge < -0.3 is 4.90 Å². The van der Waals surface area contributed by atoms with Crippen LogP contribution in [0, 0.1) is 17.8 Å². The highest BCUT2D eigenvalue weighted by atomic mass is 16.2. The summed E-state index contributed by atoms with van der Waals surface area (Å²) in [5.41, 5.74) is 0.463. The largest absolute Gasteiger partial charge is 0.334 e. The second-order valence-corrected chi connectivity index (χ2v) is 6.82. The molecule has 4 rings (SSSR count). The average molecular weight is 274 g/mol. The third kappa shape index (κ3) is 2.03. The first-order chi connectivity index (χ1) is 9.81. The van der Waals surface area contributed by atoms with Crippen molar-refractivity contribution < 1.29 is 4.79 Å². The van der Waals surface area contributed by atoms with Crippen LogP contribution in [-0.2, 0) is 0 Å². The number of carbonyl (C=O) groups is 1. The van der Waals surface area contributed by atoms with E-state index in [1.807, 2.05) is 4.90 Å². The Hall–Kier alpha value is -1.39. The summed E-state index contributed by atoms with van der Waals surface area (Å²) in [7, 11) is 0. The fraction of sp³-hybridized carbons (Fsp3) is 0.800. The van der Waals surface area contributed by atoms with Crippen molar-refractivity contribution in [1.29, 1.82) is 0 Å². The highest BCUT2D eigenvalue weighted by Crippen LogP contribution is 2.50. The van der Waals surface area contributed by atoms with Crippen molar-refractivity contribution in [3.05, 3.63) is 11.9 Å². The Labute approximate surface area is 119 Å². The number of amides is 1. The van der Waals surface area contributed by atoms with Crippen LogP contribution < -0.4 is 0 Å². The summed E-state index contributed by atoms with van der Waals surface area (Å²) < 4.78 is 0. The molecule has 1 aromatic rings. The first-order valence-corrected chi connectivity index (χ1v) is 7.98. The first-order valence-electron chi connectivity index (χ1n) is 7.98. The van der Waals surface area contributed by atoms with E-state index in [4.69, 9.17) is 0 Å². The summed E-state index contributed by atoms with van der Waals surface area (Å²) in [6.45, 7) is 0.886. The number of likely N-dealkylation sites (tertiary alicyclic amines) is 1. The Morgan fingerprint density at radius 1 is 1.35 bits per heavy atom. The molecule has 2 bridgehead atoms. The number of nitrogens with zero attached hydrogens (tertiary/aromatic N) is 3. The van der Waals surface area contributed by atoms with Gasteiger partial charge in [0.25, 0.3) is 5.91 Å². The van der Waals surface area contributed by atoms with Crippen molar-refractivity contribution in [2.45, 2.75) is 51.0 Å². The van der Waals surface area contributed by atoms with Gasteiger partial charge in [0.1, 0.15) is 0 Å². The number of rotatable bonds is 3. The van der Waals surface area contributed by atoms with E-state index < -0.39 is 0 Å². The van der Waals surface area contributed by atoms with Crippen LogP contribution in [0.4, 0.5) is 0 Å². The molecule has 4 atom stereocenters. The Bertz CT molecular complexity index is 486. The van der Waals surface area contributed by atoms with Gasteiger partial charge in [-0.05, 0) is 56.3 Å². The number of aromatic nitrogens is 3. The minimum absolute atomic E-state index is 0.0596. The lowest BCUT2D eigenvalue weighted by atomic mass is 9.83. The lowest BCUT2D eigenvalue weighted by molar-refractivity contribution is 0.0701. The number of aromatic amines is 1. The maximum Gasteiger partial charge on any atom is 0.276 e. The molecule has 1 aromatic heterocycles. The molecule has 0 spiro atoms. The monoisotopic (exact) mass is 274 g/mol. The average Bonchev–Trinajstić information content (AvgIpc) is 3.23. The van der Waals surface area contributed by atoms with Crippen LogP contribution in [0.25, 0.3) is 0 Å². The van der Waals surface area contributed by atoms with Crippen molar-refractivity contribution >= 4 is 5.91 Å². The van der Waals surface area contributed by atoms with Crippen molar-refractivity contribution in [3.8, 4) is 0 Å². The Morgan fingerprint density at radius 3 is 3.00 bits per heavy atom. The summed E-state index contributed by atoms with van der Waals surface area (Å²) in [4.78, 5) is 14.5. The number of hydrogen-bond donors (Lipinski definition) is 1. The smallest absolute Gasteiger partial charge is 0.276 e. The van der Waals surface area contributed by atoms with Crippen LogP contribution >= 0.6 is 0 Å². The second-order valence-electron chi connectivity index (χ2n) is 6.82. The van der Waals surface area contributed by atoms with Crippen LogP contribution in [0.1, 0.15) is 55.4 Å². The predicted molar refractivity (Wildman–Crippen MR) is 74.0 cm³/mol. The first kappa shape index (κ1) is 12.4. The molecule has 5 nitrogen and oxygen atoms in total. The molecule has 1 amide bonds. The number of carbonyl (C=O) groups excluding carboxylic acids is 1. The zero-order chi connectivity index (χ0) is 13.5. The molecule has 1 N–H and O–H groups in total. The van der Waals surface area contributed by atoms with Gasteiger partial charge in [0.05, 0.1) is 6.20 Å². The van der Waals surface area contributed by atoms with Crippen LogP contribution in [0.3, 0.4) is 0 Å². The predicted octanol–water partition coefficient (Wildman–Crippen LogP) is 2.24. The summed E-state index contributed by atoms with van der Waals surface area (Å²) >= 11 is 0. The molecule has 0 aromatic carbocycles. The molecule has 5 heteroatoms. The van der Waals surface area contributed by atoms with Crippen LogP contribution in [0.15, 0.2) is 6.20 Å². The molecule has 0 radical (unpaired) electrons. The van der Waals surface area contributed by atoms with Gasteiger partial charge in [-0.1, -0.05) is 6.42 Å². The number of hydrogen-bond acceptors (Lipinski definition) is 3. The fourth-order valence-electron chi connectivity index (χ4n) is 4.81. The summed E-state index contributed by atoms with van der Waals surface area (Å²) in [5, 5.41) is 10.2. The molecule has 3 fully saturated rings. The minimum atomic E-state index is 0.0596.